The van der Waals surface area contributed by atoms with Crippen molar-refractivity contribution in [1.29, 1.82) is 0 Å². The number of carbonyl (C=O) groups is 1. The number of nitrogens with one attached hydrogen (secondary N) is 1. The summed E-state index contributed by atoms with van der Waals surface area (Å²) in [6, 6.07) is 10.4. The SMILES string of the molecule is Cc1cccc(N2CCN(C(=O)c3cc[nH]c3)CC2)c1. The van der Waals surface area contributed by atoms with Crippen molar-refractivity contribution in [3.05, 3.63) is 53.9 Å². The predicted octanol–water partition coefficient (Wildman–Crippen LogP) is 2.29. The van der Waals surface area contributed by atoms with E-state index in [4.69, 9.17) is 0 Å². The summed E-state index contributed by atoms with van der Waals surface area (Å²) in [5.74, 6) is 0.121. The van der Waals surface area contributed by atoms with Crippen LogP contribution in [0.25, 0.3) is 0 Å². The van der Waals surface area contributed by atoms with Crippen molar-refractivity contribution in [1.82, 2.24) is 9.88 Å². The number of amides is 1. The third-order valence-corrected chi connectivity index (χ3v) is 3.78. The summed E-state index contributed by atoms with van der Waals surface area (Å²) in [5.41, 5.74) is 3.26. The molecule has 0 unspecified atom stereocenters. The first kappa shape index (κ1) is 12.8. The summed E-state index contributed by atoms with van der Waals surface area (Å²) < 4.78 is 0. The van der Waals surface area contributed by atoms with E-state index >= 15 is 0 Å². The van der Waals surface area contributed by atoms with E-state index in [1.165, 1.54) is 11.3 Å². The Hall–Kier alpha value is -2.23. The van der Waals surface area contributed by atoms with Gasteiger partial charge >= 0.3 is 0 Å². The van der Waals surface area contributed by atoms with E-state index in [2.05, 4.69) is 41.1 Å². The molecular formula is C16H19N3O. The van der Waals surface area contributed by atoms with Gasteiger partial charge in [-0.2, -0.15) is 0 Å². The molecule has 1 aliphatic heterocycles. The molecule has 4 nitrogen and oxygen atoms in total. The van der Waals surface area contributed by atoms with Gasteiger partial charge in [0, 0.05) is 44.3 Å². The number of rotatable bonds is 2. The molecule has 104 valence electrons. The standard InChI is InChI=1S/C16H19N3O/c1-13-3-2-4-15(11-13)18-7-9-19(10-8-18)16(20)14-5-6-17-12-14/h2-6,11-12,17H,7-10H2,1H3. The van der Waals surface area contributed by atoms with Crippen molar-refractivity contribution in [2.75, 3.05) is 31.1 Å². The maximum atomic E-state index is 12.2. The average molecular weight is 269 g/mol. The minimum Gasteiger partial charge on any atom is -0.368 e. The van der Waals surface area contributed by atoms with E-state index in [0.717, 1.165) is 31.7 Å². The number of carbonyl (C=O) groups excluding carboxylic acids is 1. The van der Waals surface area contributed by atoms with Crippen molar-refractivity contribution >= 4 is 11.6 Å². The molecule has 2 aromatic rings. The number of hydrogen-bond donors (Lipinski definition) is 1. The predicted molar refractivity (Wildman–Crippen MR) is 80.1 cm³/mol. The van der Waals surface area contributed by atoms with Crippen LogP contribution in [0.5, 0.6) is 0 Å². The van der Waals surface area contributed by atoms with Crippen molar-refractivity contribution in [2.45, 2.75) is 6.92 Å². The molecule has 1 saturated heterocycles. The molecule has 1 aromatic heterocycles. The molecule has 1 N–H and O–H groups in total. The Morgan fingerprint density at radius 3 is 2.60 bits per heavy atom. The van der Waals surface area contributed by atoms with Crippen LogP contribution in [-0.2, 0) is 0 Å². The van der Waals surface area contributed by atoms with Crippen LogP contribution >= 0.6 is 0 Å². The molecule has 4 heteroatoms. The van der Waals surface area contributed by atoms with Crippen LogP contribution in [-0.4, -0.2) is 42.0 Å². The van der Waals surface area contributed by atoms with Gasteiger partial charge in [0.05, 0.1) is 5.56 Å². The Kier molecular flexibility index (Phi) is 3.46. The van der Waals surface area contributed by atoms with E-state index in [9.17, 15) is 4.79 Å². The number of nitrogens with zero attached hydrogens (tertiary/aromatic N) is 2. The summed E-state index contributed by atoms with van der Waals surface area (Å²) in [6.07, 6.45) is 3.55. The quantitative estimate of drug-likeness (QED) is 0.908. The van der Waals surface area contributed by atoms with Crippen molar-refractivity contribution in [2.24, 2.45) is 0 Å². The second-order valence-electron chi connectivity index (χ2n) is 5.22. The van der Waals surface area contributed by atoms with Gasteiger partial charge in [0.2, 0.25) is 0 Å². The van der Waals surface area contributed by atoms with Gasteiger partial charge in [0.25, 0.3) is 5.91 Å². The second-order valence-corrected chi connectivity index (χ2v) is 5.22. The number of aromatic nitrogens is 1. The van der Waals surface area contributed by atoms with E-state index in [-0.39, 0.29) is 5.91 Å². The van der Waals surface area contributed by atoms with Gasteiger partial charge in [-0.1, -0.05) is 12.1 Å². The van der Waals surface area contributed by atoms with Crippen LogP contribution < -0.4 is 4.90 Å². The Morgan fingerprint density at radius 2 is 1.95 bits per heavy atom. The third kappa shape index (κ3) is 2.54. The number of aromatic amines is 1. The van der Waals surface area contributed by atoms with Gasteiger partial charge in [0.15, 0.2) is 0 Å². The first-order valence-electron chi connectivity index (χ1n) is 6.98. The molecule has 2 heterocycles. The van der Waals surface area contributed by atoms with Crippen LogP contribution in [0.15, 0.2) is 42.7 Å². The summed E-state index contributed by atoms with van der Waals surface area (Å²) >= 11 is 0. The van der Waals surface area contributed by atoms with Gasteiger partial charge in [0.1, 0.15) is 0 Å². The smallest absolute Gasteiger partial charge is 0.255 e. The normalized spacial score (nSPS) is 15.4. The molecular weight excluding hydrogens is 250 g/mol. The maximum absolute atomic E-state index is 12.2. The molecule has 1 aromatic carbocycles. The highest BCUT2D eigenvalue weighted by atomic mass is 16.2. The number of piperazine rings is 1. The Labute approximate surface area is 119 Å². The highest BCUT2D eigenvalue weighted by molar-refractivity contribution is 5.94. The minimum absolute atomic E-state index is 0.121. The van der Waals surface area contributed by atoms with Gasteiger partial charge in [-0.15, -0.1) is 0 Å². The zero-order valence-corrected chi connectivity index (χ0v) is 11.7. The Morgan fingerprint density at radius 1 is 1.15 bits per heavy atom. The van der Waals surface area contributed by atoms with Gasteiger partial charge in [-0.25, -0.2) is 0 Å². The van der Waals surface area contributed by atoms with Crippen molar-refractivity contribution in [3.8, 4) is 0 Å². The fourth-order valence-electron chi connectivity index (χ4n) is 2.63. The zero-order chi connectivity index (χ0) is 13.9. The fraction of sp³-hybridized carbons (Fsp3) is 0.312. The van der Waals surface area contributed by atoms with E-state index in [0.29, 0.717) is 0 Å². The monoisotopic (exact) mass is 269 g/mol. The molecule has 1 fully saturated rings. The molecule has 0 spiro atoms. The lowest BCUT2D eigenvalue weighted by molar-refractivity contribution is 0.0747. The molecule has 0 atom stereocenters. The van der Waals surface area contributed by atoms with Crippen LogP contribution in [0.4, 0.5) is 5.69 Å². The first-order chi connectivity index (χ1) is 9.74. The first-order valence-corrected chi connectivity index (χ1v) is 6.98. The lowest BCUT2D eigenvalue weighted by atomic mass is 10.2. The minimum atomic E-state index is 0.121. The summed E-state index contributed by atoms with van der Waals surface area (Å²) in [4.78, 5) is 19.4. The zero-order valence-electron chi connectivity index (χ0n) is 11.7. The number of hydrogen-bond acceptors (Lipinski definition) is 2. The molecule has 1 aliphatic rings. The Balaban J connectivity index is 1.64. The van der Waals surface area contributed by atoms with Gasteiger partial charge in [-0.3, -0.25) is 4.79 Å². The van der Waals surface area contributed by atoms with Crippen molar-refractivity contribution in [3.63, 3.8) is 0 Å². The maximum Gasteiger partial charge on any atom is 0.255 e. The molecule has 0 aliphatic carbocycles. The highest BCUT2D eigenvalue weighted by Gasteiger charge is 2.22. The summed E-state index contributed by atoms with van der Waals surface area (Å²) in [7, 11) is 0. The summed E-state index contributed by atoms with van der Waals surface area (Å²) in [6.45, 7) is 5.43. The number of benzene rings is 1. The fourth-order valence-corrected chi connectivity index (χ4v) is 2.63. The van der Waals surface area contributed by atoms with Crippen LogP contribution in [0.2, 0.25) is 0 Å². The lowest BCUT2D eigenvalue weighted by Gasteiger charge is -2.36. The van der Waals surface area contributed by atoms with Crippen LogP contribution in [0.1, 0.15) is 15.9 Å². The van der Waals surface area contributed by atoms with Gasteiger partial charge in [-0.05, 0) is 30.7 Å². The topological polar surface area (TPSA) is 39.3 Å². The molecule has 0 bridgehead atoms. The molecule has 3 rings (SSSR count). The van der Waals surface area contributed by atoms with Crippen molar-refractivity contribution < 1.29 is 4.79 Å². The molecule has 1 amide bonds. The summed E-state index contributed by atoms with van der Waals surface area (Å²) in [5, 5.41) is 0. The van der Waals surface area contributed by atoms with Crippen LogP contribution in [0.3, 0.4) is 0 Å². The number of H-pyrrole nitrogens is 1. The molecule has 0 radical (unpaired) electrons. The van der Waals surface area contributed by atoms with E-state index < -0.39 is 0 Å². The number of anilines is 1. The number of aryl methyl sites for hydroxylation is 1. The Bertz CT molecular complexity index is 584. The van der Waals surface area contributed by atoms with Gasteiger partial charge < -0.3 is 14.8 Å². The van der Waals surface area contributed by atoms with E-state index in [1.54, 1.807) is 12.4 Å². The second kappa shape index (κ2) is 5.41. The average Bonchev–Trinajstić information content (AvgIpc) is 3.01. The molecule has 20 heavy (non-hydrogen) atoms. The van der Waals surface area contributed by atoms with E-state index in [1.807, 2.05) is 11.0 Å². The largest absolute Gasteiger partial charge is 0.368 e. The van der Waals surface area contributed by atoms with Crippen LogP contribution in [0, 0.1) is 6.92 Å². The third-order valence-electron chi connectivity index (χ3n) is 3.78. The molecule has 0 saturated carbocycles. The lowest BCUT2D eigenvalue weighted by Crippen LogP contribution is -2.48. The highest BCUT2D eigenvalue weighted by Crippen LogP contribution is 2.18.